The Hall–Kier alpha value is -0.690. The van der Waals surface area contributed by atoms with E-state index < -0.39 is 12.1 Å². The topological polar surface area (TPSA) is 79.2 Å². The number of methoxy groups -OCH3 is 1. The molecule has 1 heterocycles. The Morgan fingerprint density at radius 3 is 2.67 bits per heavy atom. The quantitative estimate of drug-likeness (QED) is 0.638. The van der Waals surface area contributed by atoms with E-state index in [2.05, 4.69) is 4.90 Å². The minimum Gasteiger partial charge on any atom is -0.481 e. The average Bonchev–Trinajstić information content (AvgIpc) is 2.31. The Bertz CT molecular complexity index is 241. The number of ether oxygens (including phenoxy) is 2. The van der Waals surface area contributed by atoms with E-state index in [4.69, 9.17) is 14.6 Å². The summed E-state index contributed by atoms with van der Waals surface area (Å²) in [5.41, 5.74) is 0. The van der Waals surface area contributed by atoms with Crippen molar-refractivity contribution < 1.29 is 24.5 Å². The van der Waals surface area contributed by atoms with Gasteiger partial charge in [-0.25, -0.2) is 0 Å². The second-order valence-corrected chi connectivity index (χ2v) is 4.62. The molecular weight excluding hydrogens is 238 g/mol. The lowest BCUT2D eigenvalue weighted by Gasteiger charge is -2.32. The predicted octanol–water partition coefficient (Wildman–Crippen LogP) is -0.0506. The second kappa shape index (κ2) is 8.42. The summed E-state index contributed by atoms with van der Waals surface area (Å²) in [6.45, 7) is 3.01. The number of rotatable bonds is 8. The van der Waals surface area contributed by atoms with Gasteiger partial charge in [0.1, 0.15) is 0 Å². The maximum atomic E-state index is 10.3. The van der Waals surface area contributed by atoms with Crippen LogP contribution in [0.2, 0.25) is 0 Å². The number of hydrogen-bond donors (Lipinski definition) is 2. The van der Waals surface area contributed by atoms with Crippen molar-refractivity contribution in [2.45, 2.75) is 31.5 Å². The van der Waals surface area contributed by atoms with E-state index in [0.717, 1.165) is 25.9 Å². The minimum atomic E-state index is -0.824. The summed E-state index contributed by atoms with van der Waals surface area (Å²) in [4.78, 5) is 12.5. The van der Waals surface area contributed by atoms with Crippen molar-refractivity contribution in [3.05, 3.63) is 0 Å². The highest BCUT2D eigenvalue weighted by atomic mass is 16.5. The highest BCUT2D eigenvalue weighted by molar-refractivity contribution is 5.66. The second-order valence-electron chi connectivity index (χ2n) is 4.62. The zero-order chi connectivity index (χ0) is 13.4. The molecule has 0 aromatic rings. The van der Waals surface area contributed by atoms with Crippen LogP contribution in [0.25, 0.3) is 0 Å². The molecule has 0 aromatic heterocycles. The van der Waals surface area contributed by atoms with E-state index in [1.165, 1.54) is 0 Å². The minimum absolute atomic E-state index is 0.0623. The van der Waals surface area contributed by atoms with Crippen LogP contribution in [0.5, 0.6) is 0 Å². The largest absolute Gasteiger partial charge is 0.481 e. The van der Waals surface area contributed by atoms with Gasteiger partial charge in [-0.05, 0) is 12.8 Å². The van der Waals surface area contributed by atoms with Crippen molar-refractivity contribution in [2.24, 2.45) is 0 Å². The Kier molecular flexibility index (Phi) is 7.19. The van der Waals surface area contributed by atoms with Gasteiger partial charge in [-0.3, -0.25) is 4.79 Å². The fourth-order valence-corrected chi connectivity index (χ4v) is 2.11. The van der Waals surface area contributed by atoms with E-state index in [9.17, 15) is 9.90 Å². The Morgan fingerprint density at radius 1 is 1.44 bits per heavy atom. The summed E-state index contributed by atoms with van der Waals surface area (Å²) >= 11 is 0. The first-order valence-electron chi connectivity index (χ1n) is 6.34. The summed E-state index contributed by atoms with van der Waals surface area (Å²) in [7, 11) is 1.58. The van der Waals surface area contributed by atoms with Crippen LogP contribution in [0.3, 0.4) is 0 Å². The van der Waals surface area contributed by atoms with Crippen LogP contribution in [0.1, 0.15) is 19.3 Å². The molecule has 0 spiro atoms. The van der Waals surface area contributed by atoms with Crippen molar-refractivity contribution in [3.63, 3.8) is 0 Å². The van der Waals surface area contributed by atoms with Crippen LogP contribution in [0.15, 0.2) is 0 Å². The highest BCUT2D eigenvalue weighted by Crippen LogP contribution is 2.14. The van der Waals surface area contributed by atoms with Crippen LogP contribution in [0.4, 0.5) is 0 Å². The molecule has 2 N–H and O–H groups in total. The molecule has 1 aliphatic rings. The van der Waals surface area contributed by atoms with E-state index in [1.807, 2.05) is 0 Å². The first-order valence-corrected chi connectivity index (χ1v) is 6.34. The molecule has 1 rings (SSSR count). The van der Waals surface area contributed by atoms with Gasteiger partial charge in [0.2, 0.25) is 0 Å². The highest BCUT2D eigenvalue weighted by Gasteiger charge is 2.21. The fraction of sp³-hybridized carbons (Fsp3) is 0.917. The summed E-state index contributed by atoms with van der Waals surface area (Å²) < 4.78 is 10.4. The molecule has 0 amide bonds. The van der Waals surface area contributed by atoms with Crippen molar-refractivity contribution in [1.29, 1.82) is 0 Å². The number of hydrogen-bond acceptors (Lipinski definition) is 5. The molecule has 0 bridgehead atoms. The number of nitrogens with zero attached hydrogens (tertiary/aromatic N) is 1. The van der Waals surface area contributed by atoms with Gasteiger partial charge in [0.15, 0.2) is 0 Å². The molecular formula is C12H23NO5. The fourth-order valence-electron chi connectivity index (χ4n) is 2.11. The molecule has 0 aliphatic carbocycles. The Balaban J connectivity index is 2.10. The number of carbonyl (C=O) groups is 1. The van der Waals surface area contributed by atoms with E-state index in [-0.39, 0.29) is 19.1 Å². The van der Waals surface area contributed by atoms with Gasteiger partial charge in [-0.1, -0.05) is 0 Å². The molecule has 0 saturated carbocycles. The maximum absolute atomic E-state index is 10.3. The third-order valence-electron chi connectivity index (χ3n) is 3.03. The van der Waals surface area contributed by atoms with E-state index in [1.54, 1.807) is 7.11 Å². The van der Waals surface area contributed by atoms with Crippen LogP contribution in [0, 0.1) is 0 Å². The number of aliphatic carboxylic acids is 1. The van der Waals surface area contributed by atoms with Gasteiger partial charge >= 0.3 is 5.97 Å². The lowest BCUT2D eigenvalue weighted by atomic mass is 10.1. The molecule has 0 aromatic carbocycles. The number of piperidine rings is 1. The number of β-amino-alcohol motifs (C(OH)–C–C–N with tert-alkyl or cyclic N) is 1. The number of likely N-dealkylation sites (tertiary alicyclic amines) is 1. The number of aliphatic hydroxyl groups excluding tert-OH is 1. The van der Waals surface area contributed by atoms with Gasteiger partial charge in [0.25, 0.3) is 0 Å². The van der Waals surface area contributed by atoms with Gasteiger partial charge < -0.3 is 24.6 Å². The van der Waals surface area contributed by atoms with Crippen molar-refractivity contribution in [2.75, 3.05) is 40.0 Å². The van der Waals surface area contributed by atoms with E-state index in [0.29, 0.717) is 13.2 Å². The van der Waals surface area contributed by atoms with Crippen LogP contribution >= 0.6 is 0 Å². The van der Waals surface area contributed by atoms with Crippen LogP contribution < -0.4 is 0 Å². The molecule has 1 aliphatic heterocycles. The molecule has 1 atom stereocenters. The lowest BCUT2D eigenvalue weighted by molar-refractivity contribution is -0.138. The molecule has 0 radical (unpaired) electrons. The maximum Gasteiger partial charge on any atom is 0.305 e. The SMILES string of the molecule is COCC(O)CN1CCC(OCCC(=O)O)CC1. The standard InChI is InChI=1S/C12H23NO5/c1-17-9-10(14)8-13-5-2-11(3-6-13)18-7-4-12(15)16/h10-11,14H,2-9H2,1H3,(H,15,16). The van der Waals surface area contributed by atoms with Crippen molar-refractivity contribution >= 4 is 5.97 Å². The first-order chi connectivity index (χ1) is 8.61. The van der Waals surface area contributed by atoms with Crippen LogP contribution in [-0.4, -0.2) is 73.2 Å². The first kappa shape index (κ1) is 15.4. The summed E-state index contributed by atoms with van der Waals surface area (Å²) in [6, 6.07) is 0. The van der Waals surface area contributed by atoms with Crippen molar-refractivity contribution in [1.82, 2.24) is 4.90 Å². The molecule has 1 unspecified atom stereocenters. The normalized spacial score (nSPS) is 19.9. The van der Waals surface area contributed by atoms with E-state index >= 15 is 0 Å². The molecule has 1 saturated heterocycles. The zero-order valence-electron chi connectivity index (χ0n) is 10.9. The predicted molar refractivity (Wildman–Crippen MR) is 65.5 cm³/mol. The number of carboxylic acids is 1. The van der Waals surface area contributed by atoms with Gasteiger partial charge in [-0.15, -0.1) is 0 Å². The third kappa shape index (κ3) is 6.30. The number of carboxylic acid groups (broad SMARTS) is 1. The van der Waals surface area contributed by atoms with Gasteiger partial charge in [0.05, 0.1) is 31.8 Å². The molecule has 18 heavy (non-hydrogen) atoms. The zero-order valence-corrected chi connectivity index (χ0v) is 10.9. The Labute approximate surface area is 107 Å². The monoisotopic (exact) mass is 261 g/mol. The van der Waals surface area contributed by atoms with Crippen molar-refractivity contribution in [3.8, 4) is 0 Å². The lowest BCUT2D eigenvalue weighted by Crippen LogP contribution is -2.42. The Morgan fingerprint density at radius 2 is 2.11 bits per heavy atom. The van der Waals surface area contributed by atoms with Gasteiger partial charge in [-0.2, -0.15) is 0 Å². The molecule has 6 nitrogen and oxygen atoms in total. The molecule has 106 valence electrons. The average molecular weight is 261 g/mol. The van der Waals surface area contributed by atoms with Gasteiger partial charge in [0, 0.05) is 26.7 Å². The smallest absolute Gasteiger partial charge is 0.305 e. The number of aliphatic hydroxyl groups is 1. The summed E-state index contributed by atoms with van der Waals surface area (Å²) in [5.74, 6) is -0.824. The third-order valence-corrected chi connectivity index (χ3v) is 3.03. The molecule has 6 heteroatoms. The summed E-state index contributed by atoms with van der Waals surface area (Å²) in [5, 5.41) is 18.1. The summed E-state index contributed by atoms with van der Waals surface area (Å²) in [6.07, 6.45) is 1.55. The van der Waals surface area contributed by atoms with Crippen LogP contribution in [-0.2, 0) is 14.3 Å². The molecule has 1 fully saturated rings.